The molecule has 1 heterocycles. The molecule has 1 rings (SSSR count). The molecule has 0 aromatic rings. The predicted molar refractivity (Wildman–Crippen MR) is 64.1 cm³/mol. The average Bonchev–Trinajstić information content (AvgIpc) is 2.82. The first-order chi connectivity index (χ1) is 7.68. The van der Waals surface area contributed by atoms with Crippen molar-refractivity contribution < 1.29 is 9.53 Å². The molecular formula is C12H24N2O2. The zero-order valence-corrected chi connectivity index (χ0v) is 10.4. The van der Waals surface area contributed by atoms with Crippen molar-refractivity contribution in [2.45, 2.75) is 45.6 Å². The molecule has 1 unspecified atom stereocenters. The van der Waals surface area contributed by atoms with Crippen LogP contribution in [0.2, 0.25) is 0 Å². The maximum atomic E-state index is 12.1. The van der Waals surface area contributed by atoms with Crippen LogP contribution in [0, 0.1) is 5.41 Å². The summed E-state index contributed by atoms with van der Waals surface area (Å²) < 4.78 is 5.47. The standard InChI is InChI=1S/C12H24N2O2/c1-3-12(4-2,9-13)11(15)14-8-10-6-5-7-16-10/h10H,3-9,13H2,1-2H3,(H,14,15). The number of carbonyl (C=O) groups excluding carboxylic acids is 1. The SMILES string of the molecule is CCC(CC)(CN)C(=O)NCC1CCCO1. The molecule has 0 spiro atoms. The first-order valence-corrected chi connectivity index (χ1v) is 6.28. The summed E-state index contributed by atoms with van der Waals surface area (Å²) in [6, 6.07) is 0. The molecule has 0 aromatic carbocycles. The lowest BCUT2D eigenvalue weighted by molar-refractivity contribution is -0.131. The molecule has 0 aliphatic carbocycles. The van der Waals surface area contributed by atoms with Crippen molar-refractivity contribution in [3.63, 3.8) is 0 Å². The van der Waals surface area contributed by atoms with Gasteiger partial charge in [0.25, 0.3) is 0 Å². The monoisotopic (exact) mass is 228 g/mol. The average molecular weight is 228 g/mol. The summed E-state index contributed by atoms with van der Waals surface area (Å²) in [6.45, 7) is 5.89. The lowest BCUT2D eigenvalue weighted by atomic mass is 9.81. The second-order valence-electron chi connectivity index (χ2n) is 4.54. The van der Waals surface area contributed by atoms with E-state index in [0.29, 0.717) is 13.1 Å². The fraction of sp³-hybridized carbons (Fsp3) is 0.917. The van der Waals surface area contributed by atoms with Gasteiger partial charge in [-0.2, -0.15) is 0 Å². The Morgan fingerprint density at radius 1 is 1.50 bits per heavy atom. The number of hydrogen-bond acceptors (Lipinski definition) is 3. The summed E-state index contributed by atoms with van der Waals surface area (Å²) in [5, 5.41) is 2.97. The van der Waals surface area contributed by atoms with E-state index in [2.05, 4.69) is 5.32 Å². The summed E-state index contributed by atoms with van der Waals surface area (Å²) in [7, 11) is 0. The molecule has 0 radical (unpaired) electrons. The van der Waals surface area contributed by atoms with Gasteiger partial charge in [-0.05, 0) is 25.7 Å². The van der Waals surface area contributed by atoms with Crippen LogP contribution in [0.3, 0.4) is 0 Å². The van der Waals surface area contributed by atoms with Crippen molar-refractivity contribution >= 4 is 5.91 Å². The van der Waals surface area contributed by atoms with Crippen LogP contribution >= 0.6 is 0 Å². The van der Waals surface area contributed by atoms with Crippen LogP contribution in [-0.2, 0) is 9.53 Å². The van der Waals surface area contributed by atoms with Crippen LogP contribution < -0.4 is 11.1 Å². The number of amides is 1. The van der Waals surface area contributed by atoms with E-state index in [4.69, 9.17) is 10.5 Å². The van der Waals surface area contributed by atoms with Crippen molar-refractivity contribution in [1.82, 2.24) is 5.32 Å². The zero-order chi connectivity index (χ0) is 12.0. The van der Waals surface area contributed by atoms with E-state index in [0.717, 1.165) is 32.3 Å². The molecule has 0 aromatic heterocycles. The topological polar surface area (TPSA) is 64.4 Å². The second kappa shape index (κ2) is 6.21. The highest BCUT2D eigenvalue weighted by molar-refractivity contribution is 5.82. The molecule has 1 aliphatic heterocycles. The maximum Gasteiger partial charge on any atom is 0.227 e. The fourth-order valence-corrected chi connectivity index (χ4v) is 2.15. The Labute approximate surface area is 97.9 Å². The van der Waals surface area contributed by atoms with E-state index < -0.39 is 5.41 Å². The quantitative estimate of drug-likeness (QED) is 0.714. The first-order valence-electron chi connectivity index (χ1n) is 6.28. The van der Waals surface area contributed by atoms with Gasteiger partial charge in [0.15, 0.2) is 0 Å². The Morgan fingerprint density at radius 2 is 2.19 bits per heavy atom. The predicted octanol–water partition coefficient (Wildman–Crippen LogP) is 1.05. The van der Waals surface area contributed by atoms with Crippen LogP contribution in [0.25, 0.3) is 0 Å². The lowest BCUT2D eigenvalue weighted by Gasteiger charge is -2.29. The van der Waals surface area contributed by atoms with Gasteiger partial charge in [0, 0.05) is 19.7 Å². The number of nitrogens with two attached hydrogens (primary N) is 1. The van der Waals surface area contributed by atoms with E-state index in [-0.39, 0.29) is 12.0 Å². The van der Waals surface area contributed by atoms with Gasteiger partial charge >= 0.3 is 0 Å². The molecule has 4 nitrogen and oxygen atoms in total. The van der Waals surface area contributed by atoms with Crippen LogP contribution in [-0.4, -0.2) is 31.7 Å². The summed E-state index contributed by atoms with van der Waals surface area (Å²) in [5.41, 5.74) is 5.33. The maximum absolute atomic E-state index is 12.1. The molecule has 0 saturated carbocycles. The Kier molecular flexibility index (Phi) is 5.22. The van der Waals surface area contributed by atoms with Gasteiger partial charge in [-0.1, -0.05) is 13.8 Å². The van der Waals surface area contributed by atoms with Crippen LogP contribution in [0.5, 0.6) is 0 Å². The van der Waals surface area contributed by atoms with Crippen LogP contribution in [0.15, 0.2) is 0 Å². The van der Waals surface area contributed by atoms with Crippen LogP contribution in [0.4, 0.5) is 0 Å². The summed E-state index contributed by atoms with van der Waals surface area (Å²) in [5.74, 6) is 0.0792. The van der Waals surface area contributed by atoms with E-state index >= 15 is 0 Å². The van der Waals surface area contributed by atoms with Gasteiger partial charge in [0.2, 0.25) is 5.91 Å². The summed E-state index contributed by atoms with van der Waals surface area (Å²) >= 11 is 0. The molecule has 1 aliphatic rings. The van der Waals surface area contributed by atoms with E-state index in [1.807, 2.05) is 13.8 Å². The van der Waals surface area contributed by atoms with Gasteiger partial charge < -0.3 is 15.8 Å². The van der Waals surface area contributed by atoms with E-state index in [1.54, 1.807) is 0 Å². The minimum Gasteiger partial charge on any atom is -0.376 e. The van der Waals surface area contributed by atoms with Crippen LogP contribution in [0.1, 0.15) is 39.5 Å². The number of hydrogen-bond donors (Lipinski definition) is 2. The van der Waals surface area contributed by atoms with E-state index in [9.17, 15) is 4.79 Å². The Morgan fingerprint density at radius 3 is 2.62 bits per heavy atom. The summed E-state index contributed by atoms with van der Waals surface area (Å²) in [4.78, 5) is 12.1. The zero-order valence-electron chi connectivity index (χ0n) is 10.4. The van der Waals surface area contributed by atoms with Crippen molar-refractivity contribution in [3.8, 4) is 0 Å². The van der Waals surface area contributed by atoms with Gasteiger partial charge in [-0.3, -0.25) is 4.79 Å². The van der Waals surface area contributed by atoms with Gasteiger partial charge in [0.1, 0.15) is 0 Å². The van der Waals surface area contributed by atoms with Crippen molar-refractivity contribution in [3.05, 3.63) is 0 Å². The number of ether oxygens (including phenoxy) is 1. The third-order valence-electron chi connectivity index (χ3n) is 3.74. The molecule has 0 bridgehead atoms. The number of rotatable bonds is 6. The smallest absolute Gasteiger partial charge is 0.227 e. The molecule has 1 fully saturated rings. The largest absolute Gasteiger partial charge is 0.376 e. The number of carbonyl (C=O) groups is 1. The third-order valence-corrected chi connectivity index (χ3v) is 3.74. The first kappa shape index (κ1) is 13.5. The Balaban J connectivity index is 2.42. The minimum absolute atomic E-state index is 0.0792. The fourth-order valence-electron chi connectivity index (χ4n) is 2.15. The Bertz CT molecular complexity index is 213. The van der Waals surface area contributed by atoms with Gasteiger partial charge in [0.05, 0.1) is 11.5 Å². The molecule has 1 saturated heterocycles. The highest BCUT2D eigenvalue weighted by Gasteiger charge is 2.33. The van der Waals surface area contributed by atoms with Crippen molar-refractivity contribution in [1.29, 1.82) is 0 Å². The van der Waals surface area contributed by atoms with Gasteiger partial charge in [-0.25, -0.2) is 0 Å². The molecule has 1 atom stereocenters. The molecule has 16 heavy (non-hydrogen) atoms. The minimum atomic E-state index is -0.390. The normalized spacial score (nSPS) is 21.1. The van der Waals surface area contributed by atoms with E-state index in [1.165, 1.54) is 0 Å². The molecule has 1 amide bonds. The van der Waals surface area contributed by atoms with Crippen molar-refractivity contribution in [2.75, 3.05) is 19.7 Å². The molecular weight excluding hydrogens is 204 g/mol. The highest BCUT2D eigenvalue weighted by Crippen LogP contribution is 2.25. The molecule has 3 N–H and O–H groups in total. The lowest BCUT2D eigenvalue weighted by Crippen LogP contribution is -2.47. The third kappa shape index (κ3) is 2.95. The summed E-state index contributed by atoms with van der Waals surface area (Å²) in [6.07, 6.45) is 3.93. The molecule has 4 heteroatoms. The van der Waals surface area contributed by atoms with Crippen molar-refractivity contribution in [2.24, 2.45) is 11.1 Å². The molecule has 94 valence electrons. The highest BCUT2D eigenvalue weighted by atomic mass is 16.5. The second-order valence-corrected chi connectivity index (χ2v) is 4.54. The van der Waals surface area contributed by atoms with Gasteiger partial charge in [-0.15, -0.1) is 0 Å². The Hall–Kier alpha value is -0.610. The number of nitrogens with one attached hydrogen (secondary N) is 1.